The van der Waals surface area contributed by atoms with Crippen molar-refractivity contribution in [3.8, 4) is 0 Å². The number of allylic oxidation sites excluding steroid dienone is 2. The molecule has 0 saturated carbocycles. The zero-order chi connectivity index (χ0) is 19.3. The second-order valence-corrected chi connectivity index (χ2v) is 13.5. The van der Waals surface area contributed by atoms with E-state index in [2.05, 4.69) is 38.7 Å². The van der Waals surface area contributed by atoms with Gasteiger partial charge in [0, 0.05) is 12.8 Å². The molecule has 0 N–H and O–H groups in total. The third-order valence-corrected chi connectivity index (χ3v) is 6.55. The van der Waals surface area contributed by atoms with Gasteiger partial charge in [-0.05, 0) is 30.9 Å². The Bertz CT molecular complexity index is 523. The molecule has 3 heteroatoms. The molecule has 2 nitrogen and oxygen atoms in total. The number of ketones is 1. The van der Waals surface area contributed by atoms with E-state index in [1.54, 1.807) is 0 Å². The van der Waals surface area contributed by atoms with Crippen molar-refractivity contribution in [3.63, 3.8) is 0 Å². The van der Waals surface area contributed by atoms with Gasteiger partial charge in [0.25, 0.3) is 0 Å². The standard InChI is InChI=1S/C23H40O2Si/c1-5-6-7-8-9-10-11-14-17-22(24)18-15-12-13-16-21-19-23(25-20-21)26(2,3)4/h12,15,19-20H,5-11,13-14,16-18H2,1-4H3. The van der Waals surface area contributed by atoms with Crippen LogP contribution in [-0.2, 0) is 11.2 Å². The van der Waals surface area contributed by atoms with Crippen molar-refractivity contribution in [2.45, 2.75) is 104 Å². The Labute approximate surface area is 162 Å². The van der Waals surface area contributed by atoms with Crippen LogP contribution in [0.25, 0.3) is 0 Å². The first-order valence-corrected chi connectivity index (χ1v) is 14.2. The van der Waals surface area contributed by atoms with E-state index in [0.717, 1.165) is 25.7 Å². The minimum Gasteiger partial charge on any atom is -0.474 e. The molecule has 148 valence electrons. The fourth-order valence-electron chi connectivity index (χ4n) is 3.04. The molecule has 0 fully saturated rings. The summed E-state index contributed by atoms with van der Waals surface area (Å²) < 4.78 is 5.70. The molecule has 0 radical (unpaired) electrons. The van der Waals surface area contributed by atoms with Gasteiger partial charge in [0.2, 0.25) is 0 Å². The van der Waals surface area contributed by atoms with Crippen molar-refractivity contribution >= 4 is 19.2 Å². The Morgan fingerprint density at radius 2 is 1.65 bits per heavy atom. The van der Waals surface area contributed by atoms with Gasteiger partial charge >= 0.3 is 0 Å². The summed E-state index contributed by atoms with van der Waals surface area (Å²) in [6.45, 7) is 9.15. The van der Waals surface area contributed by atoms with Crippen molar-refractivity contribution in [2.24, 2.45) is 0 Å². The summed E-state index contributed by atoms with van der Waals surface area (Å²) in [6, 6.07) is 2.22. The highest BCUT2D eigenvalue weighted by Crippen LogP contribution is 2.11. The largest absolute Gasteiger partial charge is 0.474 e. The first-order chi connectivity index (χ1) is 12.4. The molecular formula is C23H40O2Si. The maximum absolute atomic E-state index is 11.9. The highest BCUT2D eigenvalue weighted by atomic mass is 28.3. The van der Waals surface area contributed by atoms with Crippen LogP contribution in [0.1, 0.15) is 83.1 Å². The highest BCUT2D eigenvalue weighted by molar-refractivity contribution is 6.87. The van der Waals surface area contributed by atoms with Gasteiger partial charge in [0.15, 0.2) is 0 Å². The molecule has 1 aromatic rings. The van der Waals surface area contributed by atoms with Crippen LogP contribution in [0.3, 0.4) is 0 Å². The van der Waals surface area contributed by atoms with Gasteiger partial charge in [-0.25, -0.2) is 0 Å². The van der Waals surface area contributed by atoms with Crippen LogP contribution < -0.4 is 5.38 Å². The van der Waals surface area contributed by atoms with Crippen molar-refractivity contribution < 1.29 is 9.21 Å². The van der Waals surface area contributed by atoms with E-state index < -0.39 is 8.07 Å². The third kappa shape index (κ3) is 10.8. The molecular weight excluding hydrogens is 336 g/mol. The minimum absolute atomic E-state index is 0.386. The summed E-state index contributed by atoms with van der Waals surface area (Å²) in [5.74, 6) is 0.386. The SMILES string of the molecule is CCCCCCCCCCC(=O)CC=CCCc1coc([Si](C)(C)C)c1. The fraction of sp³-hybridized carbons (Fsp3) is 0.696. The van der Waals surface area contributed by atoms with Crippen molar-refractivity contribution in [2.75, 3.05) is 0 Å². The average molecular weight is 377 g/mol. The summed E-state index contributed by atoms with van der Waals surface area (Å²) in [7, 11) is -1.34. The summed E-state index contributed by atoms with van der Waals surface area (Å²) in [5, 5.41) is 1.18. The van der Waals surface area contributed by atoms with Crippen LogP contribution in [-0.4, -0.2) is 13.9 Å². The molecule has 0 aliphatic rings. The van der Waals surface area contributed by atoms with E-state index in [0.29, 0.717) is 12.2 Å². The lowest BCUT2D eigenvalue weighted by atomic mass is 10.0. The number of Topliss-reactive ketones (excluding diaryl/α,β-unsaturated/α-hetero) is 1. The second kappa shape index (κ2) is 13.1. The van der Waals surface area contributed by atoms with Crippen molar-refractivity contribution in [1.29, 1.82) is 0 Å². The van der Waals surface area contributed by atoms with Gasteiger partial charge in [-0.2, -0.15) is 0 Å². The first-order valence-electron chi connectivity index (χ1n) is 10.7. The zero-order valence-corrected chi connectivity index (χ0v) is 18.6. The number of carbonyl (C=O) groups is 1. The second-order valence-electron chi connectivity index (χ2n) is 8.55. The van der Waals surface area contributed by atoms with E-state index in [-0.39, 0.29) is 0 Å². The van der Waals surface area contributed by atoms with Gasteiger partial charge in [0.1, 0.15) is 13.9 Å². The number of hydrogen-bond donors (Lipinski definition) is 0. The predicted octanol–water partition coefficient (Wildman–Crippen LogP) is 6.80. The molecule has 0 spiro atoms. The van der Waals surface area contributed by atoms with E-state index in [9.17, 15) is 4.79 Å². The molecule has 1 rings (SSSR count). The Morgan fingerprint density at radius 1 is 1.00 bits per heavy atom. The van der Waals surface area contributed by atoms with Crippen LogP contribution in [0.2, 0.25) is 19.6 Å². The van der Waals surface area contributed by atoms with Gasteiger partial charge < -0.3 is 4.42 Å². The molecule has 0 unspecified atom stereocenters. The van der Waals surface area contributed by atoms with Crippen LogP contribution in [0, 0.1) is 0 Å². The molecule has 0 bridgehead atoms. The minimum atomic E-state index is -1.34. The van der Waals surface area contributed by atoms with E-state index in [1.165, 1.54) is 55.9 Å². The summed E-state index contributed by atoms with van der Waals surface area (Å²) in [4.78, 5) is 11.9. The normalized spacial score (nSPS) is 12.2. The van der Waals surface area contributed by atoms with Crippen LogP contribution >= 0.6 is 0 Å². The highest BCUT2D eigenvalue weighted by Gasteiger charge is 2.20. The number of hydrogen-bond acceptors (Lipinski definition) is 2. The molecule has 1 aromatic heterocycles. The molecule has 1 heterocycles. The first kappa shape index (κ1) is 22.9. The Balaban J connectivity index is 2.04. The smallest absolute Gasteiger partial charge is 0.136 e. The molecule has 0 atom stereocenters. The van der Waals surface area contributed by atoms with Crippen molar-refractivity contribution in [3.05, 3.63) is 30.0 Å². The van der Waals surface area contributed by atoms with Crippen LogP contribution in [0.15, 0.2) is 28.9 Å². The molecule has 0 aliphatic carbocycles. The quantitative estimate of drug-likeness (QED) is 0.191. The zero-order valence-electron chi connectivity index (χ0n) is 17.6. The summed E-state index contributed by atoms with van der Waals surface area (Å²) in [5.41, 5.74) is 1.28. The number of furan rings is 1. The Hall–Kier alpha value is -1.09. The molecule has 0 saturated heterocycles. The lowest BCUT2D eigenvalue weighted by Gasteiger charge is -2.10. The molecule has 0 aromatic carbocycles. The summed E-state index contributed by atoms with van der Waals surface area (Å²) in [6.07, 6.45) is 19.7. The number of rotatable bonds is 15. The van der Waals surface area contributed by atoms with Gasteiger partial charge in [0.05, 0.1) is 11.6 Å². The summed E-state index contributed by atoms with van der Waals surface area (Å²) >= 11 is 0. The molecule has 26 heavy (non-hydrogen) atoms. The van der Waals surface area contributed by atoms with Gasteiger partial charge in [-0.3, -0.25) is 4.79 Å². The predicted molar refractivity (Wildman–Crippen MR) is 116 cm³/mol. The van der Waals surface area contributed by atoms with E-state index in [4.69, 9.17) is 4.42 Å². The van der Waals surface area contributed by atoms with Gasteiger partial charge in [-0.15, -0.1) is 0 Å². The van der Waals surface area contributed by atoms with Gasteiger partial charge in [-0.1, -0.05) is 83.7 Å². The topological polar surface area (TPSA) is 30.2 Å². The van der Waals surface area contributed by atoms with E-state index >= 15 is 0 Å². The lowest BCUT2D eigenvalue weighted by Crippen LogP contribution is -2.36. The molecule has 0 aliphatic heterocycles. The Kier molecular flexibility index (Phi) is 11.6. The number of carbonyl (C=O) groups excluding carboxylic acids is 1. The molecule has 0 amide bonds. The Morgan fingerprint density at radius 3 is 2.27 bits per heavy atom. The third-order valence-electron chi connectivity index (χ3n) is 4.81. The maximum atomic E-state index is 11.9. The van der Waals surface area contributed by atoms with E-state index in [1.807, 2.05) is 12.3 Å². The lowest BCUT2D eigenvalue weighted by molar-refractivity contribution is -0.118. The monoisotopic (exact) mass is 376 g/mol. The number of aryl methyl sites for hydroxylation is 1. The van der Waals surface area contributed by atoms with Crippen LogP contribution in [0.5, 0.6) is 0 Å². The van der Waals surface area contributed by atoms with Crippen molar-refractivity contribution in [1.82, 2.24) is 0 Å². The van der Waals surface area contributed by atoms with Crippen LogP contribution in [0.4, 0.5) is 0 Å². The number of unbranched alkanes of at least 4 members (excludes halogenated alkanes) is 7. The maximum Gasteiger partial charge on any atom is 0.136 e. The average Bonchev–Trinajstić information content (AvgIpc) is 3.06. The fourth-order valence-corrected chi connectivity index (χ4v) is 4.07.